The van der Waals surface area contributed by atoms with Gasteiger partial charge in [-0.3, -0.25) is 0 Å². The molecule has 0 radical (unpaired) electrons. The second-order valence-corrected chi connectivity index (χ2v) is 4.59. The van der Waals surface area contributed by atoms with Crippen LogP contribution in [-0.2, 0) is 15.9 Å². The van der Waals surface area contributed by atoms with Crippen molar-refractivity contribution in [3.8, 4) is 0 Å². The highest BCUT2D eigenvalue weighted by Crippen LogP contribution is 2.12. The smallest absolute Gasteiger partial charge is 0.0701 e. The van der Waals surface area contributed by atoms with Crippen molar-refractivity contribution in [2.24, 2.45) is 0 Å². The lowest BCUT2D eigenvalue weighted by Gasteiger charge is -2.18. The maximum absolute atomic E-state index is 5.98. The molecule has 1 aromatic carbocycles. The minimum atomic E-state index is 0.310. The molecular formula is C14H22ClNO2. The first kappa shape index (κ1) is 15.4. The standard InChI is InChI=1S/C14H22ClNO2/c1-3-16-14(11-18-8-7-17-2)10-12-5-4-6-13(15)9-12/h4-6,9,14,16H,3,7-8,10-11H2,1-2H3. The summed E-state index contributed by atoms with van der Waals surface area (Å²) >= 11 is 5.98. The molecule has 0 aliphatic carbocycles. The van der Waals surface area contributed by atoms with Crippen molar-refractivity contribution >= 4 is 11.6 Å². The zero-order valence-corrected chi connectivity index (χ0v) is 11.9. The Hall–Kier alpha value is -0.610. The van der Waals surface area contributed by atoms with Gasteiger partial charge in [0.05, 0.1) is 19.8 Å². The molecule has 18 heavy (non-hydrogen) atoms. The van der Waals surface area contributed by atoms with Crippen LogP contribution in [0.4, 0.5) is 0 Å². The van der Waals surface area contributed by atoms with Crippen molar-refractivity contribution in [3.63, 3.8) is 0 Å². The minimum absolute atomic E-state index is 0.310. The van der Waals surface area contributed by atoms with Crippen LogP contribution >= 0.6 is 11.6 Å². The molecule has 3 nitrogen and oxygen atoms in total. The second-order valence-electron chi connectivity index (χ2n) is 4.16. The van der Waals surface area contributed by atoms with E-state index in [9.17, 15) is 0 Å². The molecule has 0 aromatic heterocycles. The van der Waals surface area contributed by atoms with Gasteiger partial charge >= 0.3 is 0 Å². The highest BCUT2D eigenvalue weighted by atomic mass is 35.5. The van der Waals surface area contributed by atoms with Gasteiger partial charge in [-0.1, -0.05) is 30.7 Å². The van der Waals surface area contributed by atoms with E-state index in [1.165, 1.54) is 5.56 Å². The third kappa shape index (κ3) is 6.36. The Morgan fingerprint density at radius 3 is 2.83 bits per heavy atom. The summed E-state index contributed by atoms with van der Waals surface area (Å²) in [4.78, 5) is 0. The molecular weight excluding hydrogens is 250 g/mol. The van der Waals surface area contributed by atoms with Gasteiger partial charge in [-0.25, -0.2) is 0 Å². The summed E-state index contributed by atoms with van der Waals surface area (Å²) in [5.41, 5.74) is 1.23. The molecule has 1 unspecified atom stereocenters. The molecule has 0 spiro atoms. The summed E-state index contributed by atoms with van der Waals surface area (Å²) in [6.07, 6.45) is 0.918. The summed E-state index contributed by atoms with van der Waals surface area (Å²) in [7, 11) is 1.68. The van der Waals surface area contributed by atoms with Crippen LogP contribution in [0, 0.1) is 0 Å². The fraction of sp³-hybridized carbons (Fsp3) is 0.571. The van der Waals surface area contributed by atoms with Crippen LogP contribution in [0.25, 0.3) is 0 Å². The van der Waals surface area contributed by atoms with Gasteiger partial charge in [0.15, 0.2) is 0 Å². The number of benzene rings is 1. The lowest BCUT2D eigenvalue weighted by molar-refractivity contribution is 0.0589. The third-order valence-electron chi connectivity index (χ3n) is 2.61. The molecule has 1 rings (SSSR count). The normalized spacial score (nSPS) is 12.6. The topological polar surface area (TPSA) is 30.5 Å². The van der Waals surface area contributed by atoms with Crippen molar-refractivity contribution in [1.29, 1.82) is 0 Å². The Kier molecular flexibility index (Phi) is 8.01. The molecule has 0 saturated carbocycles. The van der Waals surface area contributed by atoms with Crippen LogP contribution in [0.2, 0.25) is 5.02 Å². The Bertz CT molecular complexity index is 333. The number of likely N-dealkylation sites (N-methyl/N-ethyl adjacent to an activating group) is 1. The van der Waals surface area contributed by atoms with Gasteiger partial charge in [0.25, 0.3) is 0 Å². The van der Waals surface area contributed by atoms with Gasteiger partial charge in [0.2, 0.25) is 0 Å². The van der Waals surface area contributed by atoms with Crippen molar-refractivity contribution in [3.05, 3.63) is 34.9 Å². The van der Waals surface area contributed by atoms with Crippen LogP contribution in [-0.4, -0.2) is 39.5 Å². The Morgan fingerprint density at radius 1 is 1.33 bits per heavy atom. The van der Waals surface area contributed by atoms with E-state index in [-0.39, 0.29) is 0 Å². The number of rotatable bonds is 9. The van der Waals surface area contributed by atoms with E-state index in [0.717, 1.165) is 18.0 Å². The van der Waals surface area contributed by atoms with E-state index in [0.29, 0.717) is 25.9 Å². The van der Waals surface area contributed by atoms with Gasteiger partial charge in [0, 0.05) is 18.2 Å². The van der Waals surface area contributed by atoms with E-state index in [1.54, 1.807) is 7.11 Å². The predicted molar refractivity (Wildman–Crippen MR) is 75.3 cm³/mol. The average molecular weight is 272 g/mol. The van der Waals surface area contributed by atoms with Crippen LogP contribution < -0.4 is 5.32 Å². The first-order valence-electron chi connectivity index (χ1n) is 6.30. The quantitative estimate of drug-likeness (QED) is 0.700. The number of hydrogen-bond donors (Lipinski definition) is 1. The molecule has 102 valence electrons. The number of ether oxygens (including phenoxy) is 2. The minimum Gasteiger partial charge on any atom is -0.382 e. The largest absolute Gasteiger partial charge is 0.382 e. The van der Waals surface area contributed by atoms with Gasteiger partial charge in [-0.15, -0.1) is 0 Å². The summed E-state index contributed by atoms with van der Waals surface area (Å²) in [6.45, 7) is 4.98. The van der Waals surface area contributed by atoms with Crippen molar-refractivity contribution in [2.45, 2.75) is 19.4 Å². The molecule has 0 amide bonds. The summed E-state index contributed by atoms with van der Waals surface area (Å²) in [5, 5.41) is 4.20. The Morgan fingerprint density at radius 2 is 2.17 bits per heavy atom. The Balaban J connectivity index is 2.41. The summed E-state index contributed by atoms with van der Waals surface area (Å²) in [6, 6.07) is 8.27. The van der Waals surface area contributed by atoms with Gasteiger partial charge in [-0.2, -0.15) is 0 Å². The molecule has 4 heteroatoms. The molecule has 1 atom stereocenters. The Labute approximate surface area is 114 Å². The number of nitrogens with one attached hydrogen (secondary N) is 1. The van der Waals surface area contributed by atoms with Crippen LogP contribution in [0.1, 0.15) is 12.5 Å². The molecule has 0 saturated heterocycles. The van der Waals surface area contributed by atoms with Crippen molar-refractivity contribution in [1.82, 2.24) is 5.32 Å². The zero-order valence-electron chi connectivity index (χ0n) is 11.1. The maximum atomic E-state index is 5.98. The summed E-state index contributed by atoms with van der Waals surface area (Å²) in [5.74, 6) is 0. The highest BCUT2D eigenvalue weighted by Gasteiger charge is 2.08. The van der Waals surface area contributed by atoms with E-state index in [1.807, 2.05) is 18.2 Å². The van der Waals surface area contributed by atoms with Crippen molar-refractivity contribution < 1.29 is 9.47 Å². The lowest BCUT2D eigenvalue weighted by atomic mass is 10.1. The van der Waals surface area contributed by atoms with Crippen LogP contribution in [0.15, 0.2) is 24.3 Å². The number of methoxy groups -OCH3 is 1. The second kappa shape index (κ2) is 9.34. The maximum Gasteiger partial charge on any atom is 0.0701 e. The van der Waals surface area contributed by atoms with E-state index >= 15 is 0 Å². The van der Waals surface area contributed by atoms with E-state index in [2.05, 4.69) is 18.3 Å². The molecule has 0 aliphatic rings. The number of halogens is 1. The monoisotopic (exact) mass is 271 g/mol. The highest BCUT2D eigenvalue weighted by molar-refractivity contribution is 6.30. The first-order valence-corrected chi connectivity index (χ1v) is 6.68. The van der Waals surface area contributed by atoms with Crippen LogP contribution in [0.5, 0.6) is 0 Å². The average Bonchev–Trinajstić information content (AvgIpc) is 2.35. The molecule has 1 aromatic rings. The molecule has 0 fully saturated rings. The molecule has 0 heterocycles. The fourth-order valence-corrected chi connectivity index (χ4v) is 2.01. The first-order chi connectivity index (χ1) is 8.76. The molecule has 0 bridgehead atoms. The van der Waals surface area contributed by atoms with Gasteiger partial charge in [-0.05, 0) is 30.7 Å². The number of hydrogen-bond acceptors (Lipinski definition) is 3. The lowest BCUT2D eigenvalue weighted by Crippen LogP contribution is -2.35. The third-order valence-corrected chi connectivity index (χ3v) is 2.85. The van der Waals surface area contributed by atoms with Crippen LogP contribution in [0.3, 0.4) is 0 Å². The van der Waals surface area contributed by atoms with Gasteiger partial charge in [0.1, 0.15) is 0 Å². The molecule has 1 N–H and O–H groups in total. The van der Waals surface area contributed by atoms with E-state index < -0.39 is 0 Å². The molecule has 0 aliphatic heterocycles. The fourth-order valence-electron chi connectivity index (χ4n) is 1.80. The zero-order chi connectivity index (χ0) is 13.2. The SMILES string of the molecule is CCNC(COCCOC)Cc1cccc(Cl)c1. The summed E-state index contributed by atoms with van der Waals surface area (Å²) < 4.78 is 10.5. The van der Waals surface area contributed by atoms with Crippen molar-refractivity contribution in [2.75, 3.05) is 33.5 Å². The predicted octanol–water partition coefficient (Wildman–Crippen LogP) is 2.52. The van der Waals surface area contributed by atoms with Gasteiger partial charge < -0.3 is 14.8 Å². The van der Waals surface area contributed by atoms with E-state index in [4.69, 9.17) is 21.1 Å².